The van der Waals surface area contributed by atoms with Gasteiger partial charge in [0.15, 0.2) is 0 Å². The molecule has 3 aliphatic rings. The van der Waals surface area contributed by atoms with Crippen molar-refractivity contribution in [2.75, 3.05) is 19.8 Å². The van der Waals surface area contributed by atoms with Gasteiger partial charge in [-0.3, -0.25) is 14.6 Å². The van der Waals surface area contributed by atoms with Gasteiger partial charge in [-0.05, 0) is 48.9 Å². The standard InChI is InChI=1S/C27H26N8O2/c28-9-21-8-20(25-15-35(33-31-25)13-22-10-30-24(11-29-22)17-1-2-17)7-18-3-4-19-12-34(32-27(19)26(18)21)14-23-16-36-5-6-37-23/h7-8,10-12,15,17,23H,1-6,13-14,16H2/t23-/m0/s1. The summed E-state index contributed by atoms with van der Waals surface area (Å²) in [6, 6.07) is 6.41. The summed E-state index contributed by atoms with van der Waals surface area (Å²) < 4.78 is 15.0. The Kier molecular flexibility index (Phi) is 5.52. The number of ether oxygens (including phenoxy) is 2. The highest BCUT2D eigenvalue weighted by Crippen LogP contribution is 2.39. The van der Waals surface area contributed by atoms with Crippen LogP contribution < -0.4 is 0 Å². The van der Waals surface area contributed by atoms with Crippen LogP contribution >= 0.6 is 0 Å². The Hall–Kier alpha value is -3.94. The van der Waals surface area contributed by atoms with Crippen molar-refractivity contribution >= 4 is 0 Å². The zero-order valence-electron chi connectivity index (χ0n) is 20.4. The van der Waals surface area contributed by atoms with E-state index in [1.807, 2.05) is 29.3 Å². The first-order chi connectivity index (χ1) is 18.2. The van der Waals surface area contributed by atoms with E-state index < -0.39 is 0 Å². The molecule has 4 heterocycles. The summed E-state index contributed by atoms with van der Waals surface area (Å²) >= 11 is 0. The number of aromatic nitrogens is 7. The number of hydrogen-bond donors (Lipinski definition) is 0. The molecule has 0 unspecified atom stereocenters. The van der Waals surface area contributed by atoms with E-state index in [-0.39, 0.29) is 6.10 Å². The van der Waals surface area contributed by atoms with Gasteiger partial charge in [0.05, 0.1) is 74.0 Å². The molecule has 1 atom stereocenters. The molecule has 0 N–H and O–H groups in total. The lowest BCUT2D eigenvalue weighted by molar-refractivity contribution is -0.0946. The SMILES string of the molecule is N#Cc1cc(-c2cn(Cc3cnc(C4CC4)cn3)nn2)cc2c1-c1nn(C[C@H]3COCCO3)cc1CC2. The highest BCUT2D eigenvalue weighted by Gasteiger charge is 2.26. The Labute approximate surface area is 213 Å². The highest BCUT2D eigenvalue weighted by molar-refractivity contribution is 5.79. The van der Waals surface area contributed by atoms with Gasteiger partial charge in [0.2, 0.25) is 0 Å². The molecule has 1 saturated carbocycles. The van der Waals surface area contributed by atoms with E-state index in [0.29, 0.717) is 44.4 Å². The molecule has 3 aromatic heterocycles. The van der Waals surface area contributed by atoms with E-state index in [1.54, 1.807) is 4.68 Å². The van der Waals surface area contributed by atoms with Gasteiger partial charge in [0, 0.05) is 29.4 Å². The van der Waals surface area contributed by atoms with Crippen molar-refractivity contribution in [3.63, 3.8) is 0 Å². The first kappa shape index (κ1) is 22.3. The molecule has 10 nitrogen and oxygen atoms in total. The van der Waals surface area contributed by atoms with Gasteiger partial charge in [-0.15, -0.1) is 5.10 Å². The molecule has 10 heteroatoms. The van der Waals surface area contributed by atoms with Gasteiger partial charge in [0.25, 0.3) is 0 Å². The fourth-order valence-electron chi connectivity index (χ4n) is 5.19. The molecule has 1 aromatic carbocycles. The van der Waals surface area contributed by atoms with E-state index in [2.05, 4.69) is 38.6 Å². The van der Waals surface area contributed by atoms with Crippen LogP contribution in [0.4, 0.5) is 0 Å². The zero-order valence-corrected chi connectivity index (χ0v) is 20.4. The van der Waals surface area contributed by atoms with E-state index in [1.165, 1.54) is 12.8 Å². The van der Waals surface area contributed by atoms with Crippen molar-refractivity contribution in [3.05, 3.63) is 65.0 Å². The number of fused-ring (bicyclic) bond motifs is 3. The Morgan fingerprint density at radius 2 is 1.95 bits per heavy atom. The van der Waals surface area contributed by atoms with Crippen molar-refractivity contribution in [3.8, 4) is 28.6 Å². The third-order valence-corrected chi connectivity index (χ3v) is 7.23. The van der Waals surface area contributed by atoms with Gasteiger partial charge in [-0.1, -0.05) is 5.21 Å². The molecule has 1 saturated heterocycles. The van der Waals surface area contributed by atoms with Crippen LogP contribution in [0.2, 0.25) is 0 Å². The number of aryl methyl sites for hydroxylation is 2. The number of hydrogen-bond acceptors (Lipinski definition) is 8. The maximum absolute atomic E-state index is 10.0. The van der Waals surface area contributed by atoms with E-state index in [9.17, 15) is 5.26 Å². The topological polar surface area (TPSA) is 117 Å². The number of benzene rings is 1. The quantitative estimate of drug-likeness (QED) is 0.402. The van der Waals surface area contributed by atoms with Gasteiger partial charge >= 0.3 is 0 Å². The Morgan fingerprint density at radius 3 is 2.73 bits per heavy atom. The molecule has 4 aromatic rings. The second-order valence-corrected chi connectivity index (χ2v) is 9.97. The lowest BCUT2D eigenvalue weighted by atomic mass is 9.86. The summed E-state index contributed by atoms with van der Waals surface area (Å²) in [5, 5.41) is 23.6. The maximum Gasteiger partial charge on any atom is 0.113 e. The fourth-order valence-corrected chi connectivity index (χ4v) is 5.19. The molecule has 0 amide bonds. The monoisotopic (exact) mass is 494 g/mol. The third kappa shape index (κ3) is 4.41. The van der Waals surface area contributed by atoms with Crippen molar-refractivity contribution in [1.82, 2.24) is 34.7 Å². The molecule has 2 fully saturated rings. The normalized spacial score (nSPS) is 18.7. The summed E-state index contributed by atoms with van der Waals surface area (Å²) in [4.78, 5) is 9.09. The number of nitrogens with zero attached hydrogens (tertiary/aromatic N) is 8. The second-order valence-electron chi connectivity index (χ2n) is 9.97. The van der Waals surface area contributed by atoms with E-state index in [4.69, 9.17) is 14.6 Å². The molecule has 0 bridgehead atoms. The maximum atomic E-state index is 10.0. The fraction of sp³-hybridized carbons (Fsp3) is 0.407. The summed E-state index contributed by atoms with van der Waals surface area (Å²) in [7, 11) is 0. The van der Waals surface area contributed by atoms with Crippen LogP contribution in [0, 0.1) is 11.3 Å². The second kappa shape index (κ2) is 9.18. The first-order valence-corrected chi connectivity index (χ1v) is 12.8. The van der Waals surface area contributed by atoms with E-state index >= 15 is 0 Å². The molecular formula is C27H26N8O2. The van der Waals surface area contributed by atoms with Gasteiger partial charge in [0.1, 0.15) is 11.8 Å². The molecule has 1 aliphatic heterocycles. The molecular weight excluding hydrogens is 468 g/mol. The van der Waals surface area contributed by atoms with Gasteiger partial charge in [-0.25, -0.2) is 4.68 Å². The van der Waals surface area contributed by atoms with Crippen molar-refractivity contribution in [2.45, 2.75) is 50.8 Å². The molecule has 0 spiro atoms. The van der Waals surface area contributed by atoms with Crippen LogP contribution in [-0.4, -0.2) is 60.7 Å². The largest absolute Gasteiger partial charge is 0.376 e. The van der Waals surface area contributed by atoms with Crippen molar-refractivity contribution in [1.29, 1.82) is 5.26 Å². The Bertz CT molecular complexity index is 1490. The Balaban J connectivity index is 1.14. The summed E-state index contributed by atoms with van der Waals surface area (Å²) in [5.41, 5.74) is 8.21. The number of rotatable bonds is 6. The van der Waals surface area contributed by atoms with Crippen molar-refractivity contribution in [2.24, 2.45) is 0 Å². The van der Waals surface area contributed by atoms with Crippen LogP contribution in [0.1, 0.15) is 46.8 Å². The molecule has 7 rings (SSSR count). The van der Waals surface area contributed by atoms with Crippen LogP contribution in [0.15, 0.2) is 36.9 Å². The predicted molar refractivity (Wildman–Crippen MR) is 132 cm³/mol. The molecule has 186 valence electrons. The zero-order chi connectivity index (χ0) is 24.8. The van der Waals surface area contributed by atoms with Crippen LogP contribution in [0.3, 0.4) is 0 Å². The third-order valence-electron chi connectivity index (χ3n) is 7.23. The number of nitriles is 1. The predicted octanol–water partition coefficient (Wildman–Crippen LogP) is 2.91. The average Bonchev–Trinajstić information content (AvgIpc) is 3.54. The summed E-state index contributed by atoms with van der Waals surface area (Å²) in [6.07, 6.45) is 11.8. The molecule has 0 radical (unpaired) electrons. The van der Waals surface area contributed by atoms with Crippen molar-refractivity contribution < 1.29 is 9.47 Å². The van der Waals surface area contributed by atoms with Gasteiger partial charge in [-0.2, -0.15) is 10.4 Å². The smallest absolute Gasteiger partial charge is 0.113 e. The van der Waals surface area contributed by atoms with Crippen LogP contribution in [0.25, 0.3) is 22.5 Å². The van der Waals surface area contributed by atoms with Crippen LogP contribution in [-0.2, 0) is 35.4 Å². The average molecular weight is 495 g/mol. The Morgan fingerprint density at radius 1 is 1.03 bits per heavy atom. The minimum atomic E-state index is -0.00267. The summed E-state index contributed by atoms with van der Waals surface area (Å²) in [5.74, 6) is 0.586. The van der Waals surface area contributed by atoms with E-state index in [0.717, 1.165) is 57.9 Å². The lowest BCUT2D eigenvalue weighted by Gasteiger charge is -2.22. The molecule has 37 heavy (non-hydrogen) atoms. The minimum Gasteiger partial charge on any atom is -0.376 e. The first-order valence-electron chi connectivity index (χ1n) is 12.8. The lowest BCUT2D eigenvalue weighted by Crippen LogP contribution is -2.32. The minimum absolute atomic E-state index is 0.00267. The van der Waals surface area contributed by atoms with Crippen LogP contribution in [0.5, 0.6) is 0 Å². The highest BCUT2D eigenvalue weighted by atomic mass is 16.6. The van der Waals surface area contributed by atoms with Gasteiger partial charge < -0.3 is 9.47 Å². The summed E-state index contributed by atoms with van der Waals surface area (Å²) in [6.45, 7) is 2.97. The molecule has 2 aliphatic carbocycles.